The van der Waals surface area contributed by atoms with Crippen LogP contribution in [0.15, 0.2) is 24.5 Å². The van der Waals surface area contributed by atoms with Gasteiger partial charge in [-0.3, -0.25) is 0 Å². The molecule has 31 heavy (non-hydrogen) atoms. The molecule has 0 radical (unpaired) electrons. The van der Waals surface area contributed by atoms with Crippen LogP contribution in [-0.2, 0) is 19.5 Å². The summed E-state index contributed by atoms with van der Waals surface area (Å²) in [6.07, 6.45) is 4.79. The van der Waals surface area contributed by atoms with E-state index in [-0.39, 0.29) is 19.7 Å². The quantitative estimate of drug-likeness (QED) is 0.724. The van der Waals surface area contributed by atoms with Crippen molar-refractivity contribution in [3.8, 4) is 0 Å². The maximum atomic E-state index is 13.0. The molecule has 2 fully saturated rings. The molecule has 2 aliphatic heterocycles. The van der Waals surface area contributed by atoms with Gasteiger partial charge in [0.05, 0.1) is 6.61 Å². The van der Waals surface area contributed by atoms with Crippen LogP contribution in [0.5, 0.6) is 0 Å². The molecule has 10 heteroatoms. The Labute approximate surface area is 182 Å². The number of piperidine rings is 1. The molecule has 0 bridgehead atoms. The van der Waals surface area contributed by atoms with Crippen LogP contribution in [0.1, 0.15) is 38.2 Å². The van der Waals surface area contributed by atoms with Gasteiger partial charge in [-0.1, -0.05) is 0 Å². The van der Waals surface area contributed by atoms with Crippen LogP contribution in [0.4, 0.5) is 4.79 Å². The molecule has 170 valence electrons. The fraction of sp³-hybridized carbons (Fsp3) is 0.619. The maximum Gasteiger partial charge on any atom is 0.410 e. The molecule has 9 nitrogen and oxygen atoms in total. The van der Waals surface area contributed by atoms with Crippen molar-refractivity contribution in [2.45, 2.75) is 43.5 Å². The van der Waals surface area contributed by atoms with Crippen molar-refractivity contribution >= 4 is 27.1 Å². The van der Waals surface area contributed by atoms with Gasteiger partial charge in [-0.05, 0) is 50.3 Å². The number of fused-ring (bicyclic) bond motifs is 1. The average molecular weight is 451 g/mol. The van der Waals surface area contributed by atoms with Crippen LogP contribution >= 0.6 is 0 Å². The molecule has 2 aromatic heterocycles. The van der Waals surface area contributed by atoms with Gasteiger partial charge in [-0.2, -0.15) is 0 Å². The first-order chi connectivity index (χ1) is 14.7. The number of sulfonamides is 1. The number of rotatable bonds is 6. The molecule has 0 atom stereocenters. The second-order valence-corrected chi connectivity index (χ2v) is 11.2. The largest absolute Gasteiger partial charge is 0.441 e. The van der Waals surface area contributed by atoms with Gasteiger partial charge in [-0.25, -0.2) is 22.5 Å². The fourth-order valence-electron chi connectivity index (χ4n) is 4.40. The lowest BCUT2D eigenvalue weighted by Crippen LogP contribution is -2.61. The molecule has 0 unspecified atom stereocenters. The Morgan fingerprint density at radius 2 is 2.00 bits per heavy atom. The van der Waals surface area contributed by atoms with Gasteiger partial charge < -0.3 is 19.4 Å². The number of nitrogens with one attached hydrogen (secondary N) is 1. The van der Waals surface area contributed by atoms with Crippen molar-refractivity contribution in [1.82, 2.24) is 19.2 Å². The van der Waals surface area contributed by atoms with Crippen LogP contribution in [0.3, 0.4) is 0 Å². The van der Waals surface area contributed by atoms with Gasteiger partial charge in [0.1, 0.15) is 16.5 Å². The molecular weight excluding hydrogens is 420 g/mol. The first kappa shape index (κ1) is 22.0. The highest BCUT2D eigenvalue weighted by Crippen LogP contribution is 2.34. The van der Waals surface area contributed by atoms with E-state index >= 15 is 0 Å². The van der Waals surface area contributed by atoms with E-state index in [1.807, 2.05) is 18.3 Å². The first-order valence-electron chi connectivity index (χ1n) is 10.6. The predicted octanol–water partition coefficient (Wildman–Crippen LogP) is 2.32. The summed E-state index contributed by atoms with van der Waals surface area (Å²) in [5.74, 6) is 0.306. The molecule has 2 aliphatic rings. The van der Waals surface area contributed by atoms with Gasteiger partial charge in [0.25, 0.3) is 0 Å². The fourth-order valence-corrected chi connectivity index (χ4v) is 6.28. The van der Waals surface area contributed by atoms with E-state index < -0.39 is 27.0 Å². The van der Waals surface area contributed by atoms with E-state index in [1.165, 1.54) is 10.5 Å². The summed E-state index contributed by atoms with van der Waals surface area (Å²) in [4.78, 5) is 21.3. The second kappa shape index (κ2) is 8.40. The number of nitrogens with zero attached hydrogens (tertiary/aromatic N) is 3. The third-order valence-electron chi connectivity index (χ3n) is 6.12. The number of aromatic nitrogens is 2. The molecule has 2 saturated heterocycles. The minimum Gasteiger partial charge on any atom is -0.441 e. The predicted molar refractivity (Wildman–Crippen MR) is 116 cm³/mol. The molecule has 0 aromatic carbocycles. The number of amides is 1. The Balaban J connectivity index is 1.31. The molecular formula is C21H30N4O5S. The SMILES string of the molecule is COCC(C)(C)OC(=O)N1CC(S(=O)(=O)N2CCC(c3c[nH]c4ncccc34)CC2)C1. The van der Waals surface area contributed by atoms with Crippen LogP contribution in [-0.4, -0.2) is 84.4 Å². The van der Waals surface area contributed by atoms with Crippen molar-refractivity contribution in [2.75, 3.05) is 39.9 Å². The number of carbonyl (C=O) groups is 1. The number of methoxy groups -OCH3 is 1. The van der Waals surface area contributed by atoms with E-state index in [9.17, 15) is 13.2 Å². The highest BCUT2D eigenvalue weighted by molar-refractivity contribution is 7.89. The first-order valence-corrected chi connectivity index (χ1v) is 12.1. The number of ether oxygens (including phenoxy) is 2. The van der Waals surface area contributed by atoms with Crippen LogP contribution < -0.4 is 0 Å². The molecule has 1 N–H and O–H groups in total. The topological polar surface area (TPSA) is 105 Å². The Morgan fingerprint density at radius 1 is 1.29 bits per heavy atom. The van der Waals surface area contributed by atoms with Gasteiger partial charge in [0, 0.05) is 51.1 Å². The van der Waals surface area contributed by atoms with Crippen molar-refractivity contribution in [2.24, 2.45) is 0 Å². The Bertz CT molecular complexity index is 1040. The number of likely N-dealkylation sites (tertiary alicyclic amines) is 1. The lowest BCUT2D eigenvalue weighted by atomic mass is 9.90. The third-order valence-corrected chi connectivity index (χ3v) is 8.35. The van der Waals surface area contributed by atoms with Gasteiger partial charge in [0.2, 0.25) is 10.0 Å². The van der Waals surface area contributed by atoms with Crippen molar-refractivity contribution in [1.29, 1.82) is 0 Å². The normalized spacial score (nSPS) is 19.5. The zero-order chi connectivity index (χ0) is 22.2. The minimum atomic E-state index is -3.44. The van der Waals surface area contributed by atoms with E-state index in [0.717, 1.165) is 23.9 Å². The smallest absolute Gasteiger partial charge is 0.410 e. The molecule has 0 spiro atoms. The summed E-state index contributed by atoms with van der Waals surface area (Å²) < 4.78 is 38.1. The van der Waals surface area contributed by atoms with Gasteiger partial charge >= 0.3 is 6.09 Å². The number of hydrogen-bond acceptors (Lipinski definition) is 6. The summed E-state index contributed by atoms with van der Waals surface area (Å²) in [7, 11) is -1.90. The maximum absolute atomic E-state index is 13.0. The lowest BCUT2D eigenvalue weighted by Gasteiger charge is -2.42. The second-order valence-electron chi connectivity index (χ2n) is 8.95. The molecule has 4 heterocycles. The van der Waals surface area contributed by atoms with E-state index in [1.54, 1.807) is 31.5 Å². The number of H-pyrrole nitrogens is 1. The summed E-state index contributed by atoms with van der Waals surface area (Å²) in [5, 5.41) is 0.535. The Kier molecular flexibility index (Phi) is 5.97. The lowest BCUT2D eigenvalue weighted by molar-refractivity contribution is -0.0385. The van der Waals surface area contributed by atoms with Crippen molar-refractivity contribution in [3.05, 3.63) is 30.1 Å². The Morgan fingerprint density at radius 3 is 2.68 bits per heavy atom. The molecule has 1 amide bonds. The number of aromatic amines is 1. The van der Waals surface area contributed by atoms with Crippen LogP contribution in [0.2, 0.25) is 0 Å². The Hall–Kier alpha value is -2.17. The molecule has 0 saturated carbocycles. The zero-order valence-corrected chi connectivity index (χ0v) is 19.0. The van der Waals surface area contributed by atoms with Crippen LogP contribution in [0.25, 0.3) is 11.0 Å². The molecule has 4 rings (SSSR count). The number of pyridine rings is 1. The zero-order valence-electron chi connectivity index (χ0n) is 18.2. The monoisotopic (exact) mass is 450 g/mol. The summed E-state index contributed by atoms with van der Waals surface area (Å²) >= 11 is 0. The van der Waals surface area contributed by atoms with Gasteiger partial charge in [-0.15, -0.1) is 0 Å². The van der Waals surface area contributed by atoms with Crippen LogP contribution in [0, 0.1) is 0 Å². The molecule has 2 aromatic rings. The summed E-state index contributed by atoms with van der Waals surface area (Å²) in [6, 6.07) is 3.97. The van der Waals surface area contributed by atoms with Crippen molar-refractivity contribution < 1.29 is 22.7 Å². The van der Waals surface area contributed by atoms with Gasteiger partial charge in [0.15, 0.2) is 0 Å². The standard InChI is InChI=1S/C21H30N4O5S/c1-21(2,14-29-3)30-20(26)24-12-16(13-24)31(27,28)25-9-6-15(7-10-25)18-11-23-19-17(18)5-4-8-22-19/h4-5,8,11,15-16H,6-7,9-10,12-14H2,1-3H3,(H,22,23). The van der Waals surface area contributed by atoms with E-state index in [4.69, 9.17) is 9.47 Å². The minimum absolute atomic E-state index is 0.165. The van der Waals surface area contributed by atoms with E-state index in [2.05, 4.69) is 9.97 Å². The molecule has 0 aliphatic carbocycles. The van der Waals surface area contributed by atoms with E-state index in [0.29, 0.717) is 19.0 Å². The van der Waals surface area contributed by atoms with Crippen molar-refractivity contribution in [3.63, 3.8) is 0 Å². The number of carbonyl (C=O) groups excluding carboxylic acids is 1. The summed E-state index contributed by atoms with van der Waals surface area (Å²) in [5.41, 5.74) is 1.31. The average Bonchev–Trinajstić information content (AvgIpc) is 3.10. The number of hydrogen-bond donors (Lipinski definition) is 1. The third kappa shape index (κ3) is 4.42. The highest BCUT2D eigenvalue weighted by Gasteiger charge is 2.45. The highest BCUT2D eigenvalue weighted by atomic mass is 32.2. The summed E-state index contributed by atoms with van der Waals surface area (Å²) in [6.45, 7) is 5.10.